The third-order valence-corrected chi connectivity index (χ3v) is 3.25. The summed E-state index contributed by atoms with van der Waals surface area (Å²) in [5, 5.41) is 0. The lowest BCUT2D eigenvalue weighted by Crippen LogP contribution is -2.10. The Bertz CT molecular complexity index is 524. The molecule has 0 saturated carbocycles. The van der Waals surface area contributed by atoms with Crippen LogP contribution >= 0.6 is 15.9 Å². The molecule has 2 rings (SSSR count). The van der Waals surface area contributed by atoms with Gasteiger partial charge >= 0.3 is 0 Å². The fourth-order valence-electron chi connectivity index (χ4n) is 1.51. The topological polar surface area (TPSA) is 54.7 Å². The van der Waals surface area contributed by atoms with Gasteiger partial charge < -0.3 is 10.7 Å². The van der Waals surface area contributed by atoms with Crippen molar-refractivity contribution >= 4 is 15.9 Å². The second-order valence-electron chi connectivity index (χ2n) is 3.95. The molecule has 1 atom stereocenters. The molecule has 0 amide bonds. The number of nitrogens with one attached hydrogen (secondary N) is 1. The molecule has 3 N–H and O–H groups in total. The molecule has 0 aliphatic rings. The van der Waals surface area contributed by atoms with Gasteiger partial charge in [0.1, 0.15) is 11.6 Å². The molecule has 17 heavy (non-hydrogen) atoms. The van der Waals surface area contributed by atoms with Crippen molar-refractivity contribution in [1.29, 1.82) is 0 Å². The van der Waals surface area contributed by atoms with Crippen molar-refractivity contribution in [2.75, 3.05) is 6.54 Å². The van der Waals surface area contributed by atoms with Gasteiger partial charge in [-0.25, -0.2) is 9.37 Å². The number of H-pyrrole nitrogens is 1. The van der Waals surface area contributed by atoms with Gasteiger partial charge in [0.25, 0.3) is 0 Å². The van der Waals surface area contributed by atoms with E-state index in [1.54, 1.807) is 18.3 Å². The van der Waals surface area contributed by atoms with Crippen molar-refractivity contribution in [3.63, 3.8) is 0 Å². The first kappa shape index (κ1) is 12.3. The van der Waals surface area contributed by atoms with Crippen LogP contribution in [0, 0.1) is 5.82 Å². The Kier molecular flexibility index (Phi) is 3.59. The van der Waals surface area contributed by atoms with E-state index in [1.807, 2.05) is 6.92 Å². The smallest absolute Gasteiger partial charge is 0.137 e. The lowest BCUT2D eigenvalue weighted by molar-refractivity contribution is 0.621. The van der Waals surface area contributed by atoms with Crippen molar-refractivity contribution < 1.29 is 4.39 Å². The summed E-state index contributed by atoms with van der Waals surface area (Å²) in [4.78, 5) is 7.46. The predicted molar refractivity (Wildman–Crippen MR) is 69.2 cm³/mol. The minimum atomic E-state index is -0.274. The SMILES string of the molecule is CC(CN)c1ncc(-c2ccc(F)c(Br)c2)[nH]1. The van der Waals surface area contributed by atoms with Gasteiger partial charge in [-0.05, 0) is 34.1 Å². The number of hydrogen-bond acceptors (Lipinski definition) is 2. The van der Waals surface area contributed by atoms with Gasteiger partial charge in [-0.3, -0.25) is 0 Å². The van der Waals surface area contributed by atoms with Gasteiger partial charge in [0, 0.05) is 18.0 Å². The number of nitrogens with zero attached hydrogens (tertiary/aromatic N) is 1. The molecule has 0 aliphatic heterocycles. The zero-order valence-corrected chi connectivity index (χ0v) is 11.0. The van der Waals surface area contributed by atoms with Gasteiger partial charge in [-0.15, -0.1) is 0 Å². The van der Waals surface area contributed by atoms with E-state index >= 15 is 0 Å². The second-order valence-corrected chi connectivity index (χ2v) is 4.80. The van der Waals surface area contributed by atoms with E-state index in [0.717, 1.165) is 17.1 Å². The highest BCUT2D eigenvalue weighted by Crippen LogP contribution is 2.24. The van der Waals surface area contributed by atoms with E-state index in [1.165, 1.54) is 6.07 Å². The number of nitrogens with two attached hydrogens (primary N) is 1. The minimum Gasteiger partial charge on any atom is -0.342 e. The predicted octanol–water partition coefficient (Wildman–Crippen LogP) is 3.04. The van der Waals surface area contributed by atoms with Crippen molar-refractivity contribution in [2.24, 2.45) is 5.73 Å². The number of hydrogen-bond donors (Lipinski definition) is 2. The van der Waals surface area contributed by atoms with Crippen LogP contribution < -0.4 is 5.73 Å². The highest BCUT2D eigenvalue weighted by molar-refractivity contribution is 9.10. The summed E-state index contributed by atoms with van der Waals surface area (Å²) in [6, 6.07) is 4.86. The molecular weight excluding hydrogens is 285 g/mol. The Morgan fingerprint density at radius 2 is 2.29 bits per heavy atom. The molecular formula is C12H13BrFN3. The number of aromatic nitrogens is 2. The van der Waals surface area contributed by atoms with E-state index < -0.39 is 0 Å². The number of rotatable bonds is 3. The first-order chi connectivity index (χ1) is 8.11. The third kappa shape index (κ3) is 2.56. The van der Waals surface area contributed by atoms with Crippen LogP contribution in [-0.4, -0.2) is 16.5 Å². The van der Waals surface area contributed by atoms with Crippen molar-refractivity contribution in [2.45, 2.75) is 12.8 Å². The first-order valence-electron chi connectivity index (χ1n) is 5.32. The van der Waals surface area contributed by atoms with Crippen LogP contribution in [0.25, 0.3) is 11.3 Å². The van der Waals surface area contributed by atoms with Crippen LogP contribution in [0.1, 0.15) is 18.7 Å². The average molecular weight is 298 g/mol. The normalized spacial score (nSPS) is 12.7. The number of halogens is 2. The molecule has 5 heteroatoms. The summed E-state index contributed by atoms with van der Waals surface area (Å²) in [6.07, 6.45) is 1.74. The van der Waals surface area contributed by atoms with Crippen molar-refractivity contribution in [1.82, 2.24) is 9.97 Å². The Hall–Kier alpha value is -1.20. The van der Waals surface area contributed by atoms with Gasteiger partial charge in [0.15, 0.2) is 0 Å². The van der Waals surface area contributed by atoms with Gasteiger partial charge in [-0.1, -0.05) is 6.92 Å². The standard InChI is InChI=1S/C12H13BrFN3/c1-7(5-15)12-16-6-11(17-12)8-2-3-10(14)9(13)4-8/h2-4,6-7H,5,15H2,1H3,(H,16,17). The van der Waals surface area contributed by atoms with Gasteiger partial charge in [0.2, 0.25) is 0 Å². The summed E-state index contributed by atoms with van der Waals surface area (Å²) >= 11 is 3.16. The first-order valence-corrected chi connectivity index (χ1v) is 6.11. The van der Waals surface area contributed by atoms with Crippen molar-refractivity contribution in [3.05, 3.63) is 40.5 Å². The molecule has 1 aromatic heterocycles. The highest BCUT2D eigenvalue weighted by atomic mass is 79.9. The zero-order valence-electron chi connectivity index (χ0n) is 9.37. The van der Waals surface area contributed by atoms with Crippen LogP contribution in [0.15, 0.2) is 28.9 Å². The molecule has 0 bridgehead atoms. The maximum absolute atomic E-state index is 13.1. The molecule has 0 aliphatic carbocycles. The number of aromatic amines is 1. The summed E-state index contributed by atoms with van der Waals surface area (Å²) in [7, 11) is 0. The maximum Gasteiger partial charge on any atom is 0.137 e. The van der Waals surface area contributed by atoms with Gasteiger partial charge in [-0.2, -0.15) is 0 Å². The van der Waals surface area contributed by atoms with E-state index in [2.05, 4.69) is 25.9 Å². The Balaban J connectivity index is 2.33. The molecule has 0 saturated heterocycles. The molecule has 1 heterocycles. The number of imidazole rings is 1. The molecule has 1 unspecified atom stereocenters. The molecule has 0 spiro atoms. The number of benzene rings is 1. The molecule has 1 aromatic carbocycles. The minimum absolute atomic E-state index is 0.188. The summed E-state index contributed by atoms with van der Waals surface area (Å²) in [6.45, 7) is 2.54. The Morgan fingerprint density at radius 3 is 2.94 bits per heavy atom. The molecule has 90 valence electrons. The fraction of sp³-hybridized carbons (Fsp3) is 0.250. The Labute approximate surface area is 107 Å². The monoisotopic (exact) mass is 297 g/mol. The summed E-state index contributed by atoms with van der Waals surface area (Å²) < 4.78 is 13.6. The van der Waals surface area contributed by atoms with Crippen LogP contribution in [-0.2, 0) is 0 Å². The second kappa shape index (κ2) is 4.98. The zero-order chi connectivity index (χ0) is 12.4. The lowest BCUT2D eigenvalue weighted by atomic mass is 10.1. The summed E-state index contributed by atoms with van der Waals surface area (Å²) in [5.41, 5.74) is 7.33. The average Bonchev–Trinajstić information content (AvgIpc) is 2.81. The van der Waals surface area contributed by atoms with E-state index in [9.17, 15) is 4.39 Å². The van der Waals surface area contributed by atoms with Gasteiger partial charge in [0.05, 0.1) is 16.4 Å². The fourth-order valence-corrected chi connectivity index (χ4v) is 1.89. The Morgan fingerprint density at radius 1 is 1.53 bits per heavy atom. The van der Waals surface area contributed by atoms with E-state index in [0.29, 0.717) is 11.0 Å². The highest BCUT2D eigenvalue weighted by Gasteiger charge is 2.10. The quantitative estimate of drug-likeness (QED) is 0.915. The largest absolute Gasteiger partial charge is 0.342 e. The molecule has 0 radical (unpaired) electrons. The molecule has 3 nitrogen and oxygen atoms in total. The van der Waals surface area contributed by atoms with E-state index in [4.69, 9.17) is 5.73 Å². The van der Waals surface area contributed by atoms with Crippen LogP contribution in [0.4, 0.5) is 4.39 Å². The third-order valence-electron chi connectivity index (χ3n) is 2.65. The van der Waals surface area contributed by atoms with Crippen LogP contribution in [0.2, 0.25) is 0 Å². The van der Waals surface area contributed by atoms with E-state index in [-0.39, 0.29) is 11.7 Å². The maximum atomic E-state index is 13.1. The lowest BCUT2D eigenvalue weighted by Gasteiger charge is -2.03. The summed E-state index contributed by atoms with van der Waals surface area (Å²) in [5.74, 6) is 0.763. The molecule has 0 fully saturated rings. The van der Waals surface area contributed by atoms with Crippen LogP contribution in [0.5, 0.6) is 0 Å². The molecule has 2 aromatic rings. The van der Waals surface area contributed by atoms with Crippen molar-refractivity contribution in [3.8, 4) is 11.3 Å². The van der Waals surface area contributed by atoms with Crippen LogP contribution in [0.3, 0.4) is 0 Å².